The van der Waals surface area contributed by atoms with Gasteiger partial charge >= 0.3 is 0 Å². The van der Waals surface area contributed by atoms with E-state index in [1.165, 1.54) is 5.56 Å². The van der Waals surface area contributed by atoms with Gasteiger partial charge in [-0.05, 0) is 31.4 Å². The van der Waals surface area contributed by atoms with Crippen LogP contribution in [0.5, 0.6) is 0 Å². The highest BCUT2D eigenvalue weighted by Crippen LogP contribution is 2.27. The number of hydrogen-bond donors (Lipinski definition) is 1. The molecule has 1 aromatic carbocycles. The monoisotopic (exact) mass is 310 g/mol. The first kappa shape index (κ1) is 15.6. The van der Waals surface area contributed by atoms with Gasteiger partial charge in [-0.15, -0.1) is 0 Å². The van der Waals surface area contributed by atoms with Crippen LogP contribution in [0.15, 0.2) is 42.9 Å². The summed E-state index contributed by atoms with van der Waals surface area (Å²) in [5.74, 6) is 0.0451. The second kappa shape index (κ2) is 6.87. The quantitative estimate of drug-likeness (QED) is 0.939. The van der Waals surface area contributed by atoms with Crippen LogP contribution in [-0.2, 0) is 17.8 Å². The van der Waals surface area contributed by atoms with Crippen LogP contribution in [0.3, 0.4) is 0 Å². The summed E-state index contributed by atoms with van der Waals surface area (Å²) in [6.07, 6.45) is 4.33. The second-order valence-corrected chi connectivity index (χ2v) is 6.19. The Morgan fingerprint density at radius 1 is 1.26 bits per heavy atom. The number of hydrogen-bond acceptors (Lipinski definition) is 4. The summed E-state index contributed by atoms with van der Waals surface area (Å²) in [5, 5.41) is 3.05. The van der Waals surface area contributed by atoms with Gasteiger partial charge in [0.05, 0.1) is 5.69 Å². The number of rotatable bonds is 4. The van der Waals surface area contributed by atoms with Crippen molar-refractivity contribution in [3.63, 3.8) is 0 Å². The Labute approximate surface area is 136 Å². The number of aromatic nitrogens is 2. The van der Waals surface area contributed by atoms with Crippen LogP contribution >= 0.6 is 0 Å². The Kier molecular flexibility index (Phi) is 4.67. The molecule has 2 heterocycles. The van der Waals surface area contributed by atoms with E-state index >= 15 is 0 Å². The van der Waals surface area contributed by atoms with Gasteiger partial charge in [0.15, 0.2) is 0 Å². The van der Waals surface area contributed by atoms with E-state index in [0.29, 0.717) is 6.54 Å². The van der Waals surface area contributed by atoms with E-state index in [1.807, 2.05) is 50.4 Å². The minimum atomic E-state index is -0.290. The predicted octanol–water partition coefficient (Wildman–Crippen LogP) is 2.10. The Morgan fingerprint density at radius 3 is 2.78 bits per heavy atom. The first-order valence-corrected chi connectivity index (χ1v) is 8.02. The van der Waals surface area contributed by atoms with Crippen LogP contribution in [0.4, 0.5) is 0 Å². The maximum Gasteiger partial charge on any atom is 0.242 e. The molecule has 1 N–H and O–H groups in total. The van der Waals surface area contributed by atoms with E-state index in [0.717, 1.165) is 24.2 Å². The molecule has 0 saturated heterocycles. The Bertz CT molecular complexity index is 672. The lowest BCUT2D eigenvalue weighted by Crippen LogP contribution is -2.44. The summed E-state index contributed by atoms with van der Waals surface area (Å²) in [6, 6.07) is 9.78. The van der Waals surface area contributed by atoms with Gasteiger partial charge in [-0.3, -0.25) is 9.69 Å². The molecule has 23 heavy (non-hydrogen) atoms. The van der Waals surface area contributed by atoms with E-state index in [1.54, 1.807) is 6.33 Å². The van der Waals surface area contributed by atoms with Crippen molar-refractivity contribution in [3.8, 4) is 0 Å². The lowest BCUT2D eigenvalue weighted by atomic mass is 9.99. The van der Waals surface area contributed by atoms with Gasteiger partial charge in [-0.1, -0.05) is 30.3 Å². The van der Waals surface area contributed by atoms with Crippen molar-refractivity contribution in [1.82, 2.24) is 20.2 Å². The number of carbonyl (C=O) groups excluding carboxylic acids is 1. The molecule has 0 unspecified atom stereocenters. The lowest BCUT2D eigenvalue weighted by molar-refractivity contribution is -0.127. The van der Waals surface area contributed by atoms with E-state index in [9.17, 15) is 4.79 Å². The first-order chi connectivity index (χ1) is 11.1. The summed E-state index contributed by atoms with van der Waals surface area (Å²) < 4.78 is 0. The maximum atomic E-state index is 12.8. The number of carbonyl (C=O) groups is 1. The van der Waals surface area contributed by atoms with Crippen molar-refractivity contribution < 1.29 is 4.79 Å². The van der Waals surface area contributed by atoms with Crippen molar-refractivity contribution in [2.75, 3.05) is 6.54 Å². The molecule has 0 bridgehead atoms. The Morgan fingerprint density at radius 2 is 2.04 bits per heavy atom. The molecule has 0 spiro atoms. The maximum absolute atomic E-state index is 12.8. The van der Waals surface area contributed by atoms with Crippen molar-refractivity contribution in [1.29, 1.82) is 0 Å². The predicted molar refractivity (Wildman–Crippen MR) is 88.6 cm³/mol. The van der Waals surface area contributed by atoms with Crippen LogP contribution in [0.2, 0.25) is 0 Å². The molecule has 5 heteroatoms. The highest BCUT2D eigenvalue weighted by atomic mass is 16.2. The third-order valence-corrected chi connectivity index (χ3v) is 4.06. The Balaban J connectivity index is 1.89. The molecule has 1 amide bonds. The molecule has 1 aliphatic heterocycles. The van der Waals surface area contributed by atoms with Gasteiger partial charge in [0.1, 0.15) is 12.4 Å². The van der Waals surface area contributed by atoms with Crippen molar-refractivity contribution in [2.24, 2.45) is 0 Å². The zero-order valence-electron chi connectivity index (χ0n) is 13.6. The van der Waals surface area contributed by atoms with Crippen LogP contribution in [0.1, 0.15) is 36.7 Å². The van der Waals surface area contributed by atoms with E-state index < -0.39 is 0 Å². The topological polar surface area (TPSA) is 58.1 Å². The van der Waals surface area contributed by atoms with Crippen LogP contribution in [-0.4, -0.2) is 33.4 Å². The zero-order chi connectivity index (χ0) is 16.2. The highest BCUT2D eigenvalue weighted by Gasteiger charge is 2.31. The minimum absolute atomic E-state index is 0.0451. The van der Waals surface area contributed by atoms with E-state index in [4.69, 9.17) is 0 Å². The largest absolute Gasteiger partial charge is 0.352 e. The smallest absolute Gasteiger partial charge is 0.242 e. The second-order valence-electron chi connectivity index (χ2n) is 6.19. The summed E-state index contributed by atoms with van der Waals surface area (Å²) in [6.45, 7) is 5.46. The van der Waals surface area contributed by atoms with Gasteiger partial charge in [-0.25, -0.2) is 9.97 Å². The van der Waals surface area contributed by atoms with Gasteiger partial charge < -0.3 is 5.32 Å². The van der Waals surface area contributed by atoms with Crippen LogP contribution in [0.25, 0.3) is 0 Å². The summed E-state index contributed by atoms with van der Waals surface area (Å²) >= 11 is 0. The SMILES string of the molecule is CC(C)NC(=O)[C@H](c1ccccc1)N1CCc2cncnc2C1. The lowest BCUT2D eigenvalue weighted by Gasteiger charge is -2.34. The molecular weight excluding hydrogens is 288 g/mol. The molecule has 1 aliphatic rings. The van der Waals surface area contributed by atoms with Crippen molar-refractivity contribution >= 4 is 5.91 Å². The normalized spacial score (nSPS) is 16.0. The first-order valence-electron chi connectivity index (χ1n) is 8.02. The molecule has 1 aromatic heterocycles. The summed E-state index contributed by atoms with van der Waals surface area (Å²) in [7, 11) is 0. The van der Waals surface area contributed by atoms with Crippen LogP contribution in [0, 0.1) is 0 Å². The highest BCUT2D eigenvalue weighted by molar-refractivity contribution is 5.83. The number of benzene rings is 1. The van der Waals surface area contributed by atoms with Crippen molar-refractivity contribution in [2.45, 2.75) is 38.9 Å². The number of nitrogens with zero attached hydrogens (tertiary/aromatic N) is 3. The van der Waals surface area contributed by atoms with E-state index in [-0.39, 0.29) is 18.0 Å². The molecule has 5 nitrogen and oxygen atoms in total. The fourth-order valence-electron chi connectivity index (χ4n) is 3.02. The number of nitrogens with one attached hydrogen (secondary N) is 1. The van der Waals surface area contributed by atoms with Crippen LogP contribution < -0.4 is 5.32 Å². The molecule has 0 saturated carbocycles. The third-order valence-electron chi connectivity index (χ3n) is 4.06. The summed E-state index contributed by atoms with van der Waals surface area (Å²) in [5.41, 5.74) is 3.22. The van der Waals surface area contributed by atoms with E-state index in [2.05, 4.69) is 20.2 Å². The molecule has 0 aliphatic carbocycles. The van der Waals surface area contributed by atoms with Gasteiger partial charge in [-0.2, -0.15) is 0 Å². The zero-order valence-corrected chi connectivity index (χ0v) is 13.6. The molecule has 3 rings (SSSR count). The molecular formula is C18H22N4O. The standard InChI is InChI=1S/C18H22N4O/c1-13(2)21-18(23)17(14-6-4-3-5-7-14)22-9-8-15-10-19-12-20-16(15)11-22/h3-7,10,12-13,17H,8-9,11H2,1-2H3,(H,21,23)/t17-/m0/s1. The fourth-order valence-corrected chi connectivity index (χ4v) is 3.02. The Hall–Kier alpha value is -2.27. The average molecular weight is 310 g/mol. The van der Waals surface area contributed by atoms with Crippen molar-refractivity contribution in [3.05, 3.63) is 59.7 Å². The van der Waals surface area contributed by atoms with Gasteiger partial charge in [0, 0.05) is 25.3 Å². The average Bonchev–Trinajstić information content (AvgIpc) is 2.55. The van der Waals surface area contributed by atoms with Gasteiger partial charge in [0.2, 0.25) is 5.91 Å². The number of fused-ring (bicyclic) bond motifs is 1. The molecule has 0 fully saturated rings. The van der Waals surface area contributed by atoms with Gasteiger partial charge in [0.25, 0.3) is 0 Å². The summed E-state index contributed by atoms with van der Waals surface area (Å²) in [4.78, 5) is 23.4. The fraction of sp³-hybridized carbons (Fsp3) is 0.389. The molecule has 1 atom stereocenters. The molecule has 120 valence electrons. The minimum Gasteiger partial charge on any atom is -0.352 e. The molecule has 0 radical (unpaired) electrons. The molecule has 2 aromatic rings. The third kappa shape index (κ3) is 3.56. The number of amides is 1.